The molecular formula is C17H24N6O. The summed E-state index contributed by atoms with van der Waals surface area (Å²) in [7, 11) is 0. The van der Waals surface area contributed by atoms with Gasteiger partial charge in [0.2, 0.25) is 11.9 Å². The van der Waals surface area contributed by atoms with Crippen LogP contribution in [0.4, 0.5) is 5.95 Å². The van der Waals surface area contributed by atoms with Gasteiger partial charge in [0, 0.05) is 49.3 Å². The maximum atomic E-state index is 12.4. The van der Waals surface area contributed by atoms with Crippen molar-refractivity contribution in [1.82, 2.24) is 25.3 Å². The number of carbonyl (C=O) groups is 1. The van der Waals surface area contributed by atoms with Crippen molar-refractivity contribution in [3.8, 4) is 0 Å². The number of aromatic nitrogens is 4. The average molecular weight is 328 g/mol. The molecule has 24 heavy (non-hydrogen) atoms. The first-order valence-corrected chi connectivity index (χ1v) is 8.44. The second-order valence-corrected chi connectivity index (χ2v) is 6.35. The number of hydrogen-bond acceptors (Lipinski definition) is 5. The predicted molar refractivity (Wildman–Crippen MR) is 91.7 cm³/mol. The predicted octanol–water partition coefficient (Wildman–Crippen LogP) is 1.39. The lowest BCUT2D eigenvalue weighted by Gasteiger charge is -2.32. The first-order valence-electron chi connectivity index (χ1n) is 8.44. The van der Waals surface area contributed by atoms with Gasteiger partial charge in [-0.25, -0.2) is 15.0 Å². The van der Waals surface area contributed by atoms with Crippen molar-refractivity contribution >= 4 is 11.9 Å². The topological polar surface area (TPSA) is 86.8 Å². The molecule has 0 radical (unpaired) electrons. The summed E-state index contributed by atoms with van der Waals surface area (Å²) in [6.07, 6.45) is 6.10. The van der Waals surface area contributed by atoms with Gasteiger partial charge < -0.3 is 15.2 Å². The molecule has 0 unspecified atom stereocenters. The fourth-order valence-electron chi connectivity index (χ4n) is 3.11. The van der Waals surface area contributed by atoms with E-state index in [4.69, 9.17) is 0 Å². The van der Waals surface area contributed by atoms with E-state index in [2.05, 4.69) is 30.2 Å². The van der Waals surface area contributed by atoms with Gasteiger partial charge >= 0.3 is 0 Å². The third-order valence-electron chi connectivity index (χ3n) is 4.29. The Balaban J connectivity index is 1.55. The van der Waals surface area contributed by atoms with E-state index in [-0.39, 0.29) is 11.8 Å². The third kappa shape index (κ3) is 4.10. The Morgan fingerprint density at radius 1 is 1.38 bits per heavy atom. The van der Waals surface area contributed by atoms with Crippen molar-refractivity contribution in [3.05, 3.63) is 35.7 Å². The third-order valence-corrected chi connectivity index (χ3v) is 4.29. The molecule has 3 heterocycles. The van der Waals surface area contributed by atoms with Gasteiger partial charge in [0.25, 0.3) is 0 Å². The highest BCUT2D eigenvalue weighted by Crippen LogP contribution is 2.21. The fourth-order valence-corrected chi connectivity index (χ4v) is 3.11. The van der Waals surface area contributed by atoms with Crippen LogP contribution < -0.4 is 10.2 Å². The van der Waals surface area contributed by atoms with E-state index < -0.39 is 0 Å². The second kappa shape index (κ2) is 7.42. The van der Waals surface area contributed by atoms with Crippen molar-refractivity contribution in [2.75, 3.05) is 24.5 Å². The van der Waals surface area contributed by atoms with Crippen LogP contribution in [-0.4, -0.2) is 45.5 Å². The van der Waals surface area contributed by atoms with Crippen LogP contribution in [-0.2, 0) is 11.2 Å². The Morgan fingerprint density at radius 3 is 2.88 bits per heavy atom. The minimum absolute atomic E-state index is 0.00932. The molecule has 128 valence electrons. The molecule has 2 aromatic heterocycles. The van der Waals surface area contributed by atoms with Crippen LogP contribution in [0.1, 0.15) is 29.9 Å². The van der Waals surface area contributed by atoms with Gasteiger partial charge in [-0.05, 0) is 32.8 Å². The monoisotopic (exact) mass is 328 g/mol. The summed E-state index contributed by atoms with van der Waals surface area (Å²) >= 11 is 0. The summed E-state index contributed by atoms with van der Waals surface area (Å²) < 4.78 is 0. The number of anilines is 1. The molecular weight excluding hydrogens is 304 g/mol. The molecule has 2 aromatic rings. The van der Waals surface area contributed by atoms with Gasteiger partial charge in [-0.2, -0.15) is 0 Å². The number of imidazole rings is 1. The number of rotatable bonds is 5. The molecule has 0 saturated carbocycles. The Labute approximate surface area is 141 Å². The van der Waals surface area contributed by atoms with Gasteiger partial charge in [-0.1, -0.05) is 0 Å². The minimum atomic E-state index is -0.00932. The molecule has 1 aliphatic rings. The van der Waals surface area contributed by atoms with E-state index in [1.54, 1.807) is 12.5 Å². The van der Waals surface area contributed by atoms with Crippen molar-refractivity contribution in [1.29, 1.82) is 0 Å². The molecule has 0 aliphatic carbocycles. The molecule has 7 nitrogen and oxygen atoms in total. The smallest absolute Gasteiger partial charge is 0.225 e. The van der Waals surface area contributed by atoms with E-state index in [0.717, 1.165) is 48.8 Å². The van der Waals surface area contributed by atoms with E-state index in [1.165, 1.54) is 0 Å². The Kier molecular flexibility index (Phi) is 5.08. The Morgan fingerprint density at radius 2 is 2.17 bits per heavy atom. The van der Waals surface area contributed by atoms with Crippen LogP contribution >= 0.6 is 0 Å². The number of aryl methyl sites for hydroxylation is 2. The first-order chi connectivity index (χ1) is 11.6. The van der Waals surface area contributed by atoms with Gasteiger partial charge in [0.05, 0.1) is 12.2 Å². The molecule has 3 rings (SSSR count). The summed E-state index contributed by atoms with van der Waals surface area (Å²) in [6, 6.07) is 1.97. The van der Waals surface area contributed by atoms with Gasteiger partial charge in [-0.15, -0.1) is 0 Å². The number of H-pyrrole nitrogens is 1. The van der Waals surface area contributed by atoms with Crippen LogP contribution in [0.5, 0.6) is 0 Å². The number of aromatic amines is 1. The summed E-state index contributed by atoms with van der Waals surface area (Å²) in [5, 5.41) is 3.03. The van der Waals surface area contributed by atoms with Crippen molar-refractivity contribution in [2.24, 2.45) is 5.92 Å². The number of hydrogen-bond donors (Lipinski definition) is 2. The maximum absolute atomic E-state index is 12.4. The second-order valence-electron chi connectivity index (χ2n) is 6.35. The van der Waals surface area contributed by atoms with Crippen molar-refractivity contribution in [2.45, 2.75) is 33.1 Å². The molecule has 2 N–H and O–H groups in total. The Bertz CT molecular complexity index is 664. The van der Waals surface area contributed by atoms with Crippen LogP contribution in [0.3, 0.4) is 0 Å². The normalized spacial score (nSPS) is 17.8. The van der Waals surface area contributed by atoms with Crippen LogP contribution in [0.2, 0.25) is 0 Å². The van der Waals surface area contributed by atoms with E-state index in [1.807, 2.05) is 19.9 Å². The van der Waals surface area contributed by atoms with E-state index in [0.29, 0.717) is 13.1 Å². The minimum Gasteiger partial charge on any atom is -0.355 e. The van der Waals surface area contributed by atoms with Gasteiger partial charge in [-0.3, -0.25) is 4.79 Å². The summed E-state index contributed by atoms with van der Waals surface area (Å²) in [5.41, 5.74) is 2.96. The SMILES string of the molecule is Cc1cc(C)nc(N2CCC[C@@H](C(=O)NCCc3cnc[nH]3)C2)n1. The molecule has 7 heteroatoms. The maximum Gasteiger partial charge on any atom is 0.225 e. The van der Waals surface area contributed by atoms with E-state index in [9.17, 15) is 4.79 Å². The number of carbonyl (C=O) groups excluding carboxylic acids is 1. The molecule has 1 aliphatic heterocycles. The zero-order valence-corrected chi connectivity index (χ0v) is 14.2. The standard InChI is InChI=1S/C17H24N6O/c1-12-8-13(2)22-17(21-12)23-7-3-4-14(10-23)16(24)19-6-5-15-9-18-11-20-15/h8-9,11,14H,3-7,10H2,1-2H3,(H,18,20)(H,19,24)/t14-/m1/s1. The van der Waals surface area contributed by atoms with Gasteiger partial charge in [0.15, 0.2) is 0 Å². The lowest BCUT2D eigenvalue weighted by Crippen LogP contribution is -2.44. The van der Waals surface area contributed by atoms with Crippen LogP contribution in [0.25, 0.3) is 0 Å². The molecule has 0 bridgehead atoms. The lowest BCUT2D eigenvalue weighted by molar-refractivity contribution is -0.125. The molecule has 0 aromatic carbocycles. The highest BCUT2D eigenvalue weighted by Gasteiger charge is 2.27. The number of piperidine rings is 1. The summed E-state index contributed by atoms with van der Waals surface area (Å²) in [4.78, 5) is 30.6. The summed E-state index contributed by atoms with van der Waals surface area (Å²) in [5.74, 6) is 0.844. The summed E-state index contributed by atoms with van der Waals surface area (Å²) in [6.45, 7) is 6.15. The quantitative estimate of drug-likeness (QED) is 0.866. The zero-order chi connectivity index (χ0) is 16.9. The lowest BCUT2D eigenvalue weighted by atomic mass is 9.97. The first kappa shape index (κ1) is 16.4. The molecule has 1 saturated heterocycles. The molecule has 1 fully saturated rings. The van der Waals surface area contributed by atoms with Crippen LogP contribution in [0, 0.1) is 19.8 Å². The zero-order valence-electron chi connectivity index (χ0n) is 14.2. The number of amides is 1. The molecule has 1 atom stereocenters. The van der Waals surface area contributed by atoms with Gasteiger partial charge in [0.1, 0.15) is 0 Å². The Hall–Kier alpha value is -2.44. The fraction of sp³-hybridized carbons (Fsp3) is 0.529. The van der Waals surface area contributed by atoms with E-state index >= 15 is 0 Å². The number of nitrogens with zero attached hydrogens (tertiary/aromatic N) is 4. The number of nitrogens with one attached hydrogen (secondary N) is 2. The highest BCUT2D eigenvalue weighted by molar-refractivity contribution is 5.79. The molecule has 0 spiro atoms. The van der Waals surface area contributed by atoms with Crippen molar-refractivity contribution in [3.63, 3.8) is 0 Å². The highest BCUT2D eigenvalue weighted by atomic mass is 16.1. The molecule has 1 amide bonds. The largest absolute Gasteiger partial charge is 0.355 e. The average Bonchev–Trinajstić information content (AvgIpc) is 3.07. The van der Waals surface area contributed by atoms with Crippen LogP contribution in [0.15, 0.2) is 18.6 Å². The van der Waals surface area contributed by atoms with Crippen molar-refractivity contribution < 1.29 is 4.79 Å².